The summed E-state index contributed by atoms with van der Waals surface area (Å²) in [4.78, 5) is 0. The quantitative estimate of drug-likeness (QED) is 0.749. The average Bonchev–Trinajstić information content (AvgIpc) is 2.53. The second-order valence-corrected chi connectivity index (χ2v) is 5.23. The Hall–Kier alpha value is -0.820. The molecule has 2 N–H and O–H groups in total. The van der Waals surface area contributed by atoms with Crippen molar-refractivity contribution in [1.82, 2.24) is 0 Å². The summed E-state index contributed by atoms with van der Waals surface area (Å²) in [7, 11) is 0. The van der Waals surface area contributed by atoms with Gasteiger partial charge < -0.3 is 5.73 Å². The summed E-state index contributed by atoms with van der Waals surface area (Å²) in [6.07, 6.45) is 7.54. The van der Waals surface area contributed by atoms with Gasteiger partial charge in [-0.05, 0) is 30.7 Å². The highest BCUT2D eigenvalue weighted by Crippen LogP contribution is 2.36. The first-order chi connectivity index (χ1) is 7.74. The topological polar surface area (TPSA) is 26.0 Å². The Bertz CT molecular complexity index is 319. The van der Waals surface area contributed by atoms with Crippen molar-refractivity contribution in [2.24, 2.45) is 11.7 Å². The number of benzene rings is 1. The van der Waals surface area contributed by atoms with Gasteiger partial charge in [-0.25, -0.2) is 0 Å². The molecule has 0 aromatic heterocycles. The Morgan fingerprint density at radius 3 is 2.62 bits per heavy atom. The van der Waals surface area contributed by atoms with Crippen LogP contribution in [0.4, 0.5) is 0 Å². The molecule has 2 unspecified atom stereocenters. The van der Waals surface area contributed by atoms with E-state index in [9.17, 15) is 0 Å². The van der Waals surface area contributed by atoms with E-state index in [1.165, 1.54) is 31.2 Å². The van der Waals surface area contributed by atoms with Crippen LogP contribution in [0.15, 0.2) is 30.3 Å². The molecule has 1 fully saturated rings. The normalized spacial score (nSPS) is 31.0. The zero-order chi connectivity index (χ0) is 11.4. The highest BCUT2D eigenvalue weighted by molar-refractivity contribution is 5.24. The van der Waals surface area contributed by atoms with E-state index in [0.29, 0.717) is 0 Å². The first kappa shape index (κ1) is 11.7. The van der Waals surface area contributed by atoms with Crippen molar-refractivity contribution >= 4 is 0 Å². The SMILES string of the molecule is CCC1CCCC(N)(c2ccccc2)CC1. The Kier molecular flexibility index (Phi) is 3.65. The third-order valence-electron chi connectivity index (χ3n) is 4.16. The summed E-state index contributed by atoms with van der Waals surface area (Å²) in [6, 6.07) is 10.6. The van der Waals surface area contributed by atoms with Gasteiger partial charge in [-0.3, -0.25) is 0 Å². The molecule has 1 aliphatic rings. The second-order valence-electron chi connectivity index (χ2n) is 5.23. The fourth-order valence-electron chi connectivity index (χ4n) is 2.90. The minimum absolute atomic E-state index is 0.0643. The fourth-order valence-corrected chi connectivity index (χ4v) is 2.90. The predicted molar refractivity (Wildman–Crippen MR) is 69.2 cm³/mol. The van der Waals surface area contributed by atoms with Crippen LogP contribution in [-0.2, 0) is 5.54 Å². The molecule has 88 valence electrons. The van der Waals surface area contributed by atoms with Crippen molar-refractivity contribution < 1.29 is 0 Å². The van der Waals surface area contributed by atoms with Crippen LogP contribution >= 0.6 is 0 Å². The van der Waals surface area contributed by atoms with E-state index in [-0.39, 0.29) is 5.54 Å². The van der Waals surface area contributed by atoms with Gasteiger partial charge in [0.05, 0.1) is 0 Å². The molecule has 1 aliphatic carbocycles. The van der Waals surface area contributed by atoms with Gasteiger partial charge in [-0.15, -0.1) is 0 Å². The molecule has 0 heterocycles. The van der Waals surface area contributed by atoms with E-state index in [2.05, 4.69) is 37.3 Å². The van der Waals surface area contributed by atoms with Gasteiger partial charge in [0, 0.05) is 5.54 Å². The highest BCUT2D eigenvalue weighted by Gasteiger charge is 2.30. The molecule has 0 saturated heterocycles. The van der Waals surface area contributed by atoms with E-state index in [4.69, 9.17) is 5.73 Å². The molecule has 2 atom stereocenters. The van der Waals surface area contributed by atoms with Crippen molar-refractivity contribution in [3.63, 3.8) is 0 Å². The first-order valence-electron chi connectivity index (χ1n) is 6.59. The van der Waals surface area contributed by atoms with Crippen molar-refractivity contribution in [3.05, 3.63) is 35.9 Å². The van der Waals surface area contributed by atoms with Gasteiger partial charge in [0.2, 0.25) is 0 Å². The summed E-state index contributed by atoms with van der Waals surface area (Å²) in [6.45, 7) is 2.30. The van der Waals surface area contributed by atoms with Gasteiger partial charge >= 0.3 is 0 Å². The van der Waals surface area contributed by atoms with Crippen LogP contribution < -0.4 is 5.73 Å². The largest absolute Gasteiger partial charge is 0.321 e. The lowest BCUT2D eigenvalue weighted by atomic mass is 9.83. The summed E-state index contributed by atoms with van der Waals surface area (Å²) < 4.78 is 0. The molecule has 0 amide bonds. The minimum atomic E-state index is -0.0643. The van der Waals surface area contributed by atoms with Crippen LogP contribution in [0.5, 0.6) is 0 Å². The molecule has 1 aromatic carbocycles. The van der Waals surface area contributed by atoms with Crippen LogP contribution in [0, 0.1) is 5.92 Å². The lowest BCUT2D eigenvalue weighted by Gasteiger charge is -2.28. The van der Waals surface area contributed by atoms with Crippen LogP contribution in [0.2, 0.25) is 0 Å². The molecule has 0 spiro atoms. The van der Waals surface area contributed by atoms with Gasteiger partial charge in [0.1, 0.15) is 0 Å². The van der Waals surface area contributed by atoms with Crippen LogP contribution in [0.1, 0.15) is 51.0 Å². The first-order valence-corrected chi connectivity index (χ1v) is 6.59. The maximum Gasteiger partial charge on any atom is 0.0409 e. The second kappa shape index (κ2) is 5.01. The van der Waals surface area contributed by atoms with E-state index >= 15 is 0 Å². The van der Waals surface area contributed by atoms with Crippen molar-refractivity contribution in [1.29, 1.82) is 0 Å². The molecule has 16 heavy (non-hydrogen) atoms. The molecule has 0 aliphatic heterocycles. The molecule has 1 aromatic rings. The summed E-state index contributed by atoms with van der Waals surface area (Å²) >= 11 is 0. The molecular weight excluding hydrogens is 194 g/mol. The molecule has 0 radical (unpaired) electrons. The van der Waals surface area contributed by atoms with Gasteiger partial charge in [0.25, 0.3) is 0 Å². The van der Waals surface area contributed by atoms with Crippen molar-refractivity contribution in [3.8, 4) is 0 Å². The third kappa shape index (κ3) is 2.46. The molecule has 1 nitrogen and oxygen atoms in total. The summed E-state index contributed by atoms with van der Waals surface area (Å²) in [5.74, 6) is 0.897. The Balaban J connectivity index is 2.13. The molecule has 1 saturated carbocycles. The van der Waals surface area contributed by atoms with Gasteiger partial charge in [-0.2, -0.15) is 0 Å². The standard InChI is InChI=1S/C15H23N/c1-2-13-7-6-11-15(16,12-10-13)14-8-4-3-5-9-14/h3-5,8-9,13H,2,6-7,10-12,16H2,1H3. The number of hydrogen-bond acceptors (Lipinski definition) is 1. The maximum absolute atomic E-state index is 6.60. The van der Waals surface area contributed by atoms with Crippen LogP contribution in [-0.4, -0.2) is 0 Å². The van der Waals surface area contributed by atoms with E-state index in [1.54, 1.807) is 0 Å². The predicted octanol–water partition coefficient (Wildman–Crippen LogP) is 3.83. The lowest BCUT2D eigenvalue weighted by Crippen LogP contribution is -2.36. The lowest BCUT2D eigenvalue weighted by molar-refractivity contribution is 0.371. The van der Waals surface area contributed by atoms with Crippen molar-refractivity contribution in [2.45, 2.75) is 51.0 Å². The summed E-state index contributed by atoms with van der Waals surface area (Å²) in [5.41, 5.74) is 7.86. The van der Waals surface area contributed by atoms with E-state index < -0.39 is 0 Å². The molecule has 1 heteroatoms. The van der Waals surface area contributed by atoms with Crippen molar-refractivity contribution in [2.75, 3.05) is 0 Å². The Labute approximate surface area is 99.0 Å². The highest BCUT2D eigenvalue weighted by atomic mass is 14.7. The monoisotopic (exact) mass is 217 g/mol. The number of rotatable bonds is 2. The van der Waals surface area contributed by atoms with E-state index in [1.807, 2.05) is 0 Å². The van der Waals surface area contributed by atoms with E-state index in [0.717, 1.165) is 18.8 Å². The summed E-state index contributed by atoms with van der Waals surface area (Å²) in [5, 5.41) is 0. The average molecular weight is 217 g/mol. The molecule has 0 bridgehead atoms. The van der Waals surface area contributed by atoms with Gasteiger partial charge in [0.15, 0.2) is 0 Å². The number of nitrogens with two attached hydrogens (primary N) is 1. The van der Waals surface area contributed by atoms with Crippen LogP contribution in [0.3, 0.4) is 0 Å². The zero-order valence-corrected chi connectivity index (χ0v) is 10.3. The van der Waals surface area contributed by atoms with Crippen LogP contribution in [0.25, 0.3) is 0 Å². The Morgan fingerprint density at radius 2 is 1.94 bits per heavy atom. The molecular formula is C15H23N. The smallest absolute Gasteiger partial charge is 0.0409 e. The third-order valence-corrected chi connectivity index (χ3v) is 4.16. The van der Waals surface area contributed by atoms with Gasteiger partial charge in [-0.1, -0.05) is 56.5 Å². The maximum atomic E-state index is 6.60. The minimum Gasteiger partial charge on any atom is -0.321 e. The zero-order valence-electron chi connectivity index (χ0n) is 10.3. The number of hydrogen-bond donors (Lipinski definition) is 1. The molecule has 2 rings (SSSR count). The Morgan fingerprint density at radius 1 is 1.19 bits per heavy atom. The fraction of sp³-hybridized carbons (Fsp3) is 0.600.